The fourth-order valence-corrected chi connectivity index (χ4v) is 2.62. The van der Waals surface area contributed by atoms with E-state index in [2.05, 4.69) is 25.7 Å². The zero-order chi connectivity index (χ0) is 14.9. The molecule has 0 spiro atoms. The van der Waals surface area contributed by atoms with Crippen LogP contribution >= 0.6 is 0 Å². The van der Waals surface area contributed by atoms with Gasteiger partial charge in [-0.05, 0) is 51.5 Å². The molecule has 1 fully saturated rings. The Hall–Kier alpha value is -1.42. The summed E-state index contributed by atoms with van der Waals surface area (Å²) in [6.07, 6.45) is 0. The first-order chi connectivity index (χ1) is 9.29. The van der Waals surface area contributed by atoms with E-state index < -0.39 is 0 Å². The van der Waals surface area contributed by atoms with Crippen LogP contribution in [-0.4, -0.2) is 47.4 Å². The van der Waals surface area contributed by atoms with Crippen LogP contribution in [0.5, 0.6) is 0 Å². The van der Waals surface area contributed by atoms with Crippen LogP contribution in [0.4, 0.5) is 4.39 Å². The predicted molar refractivity (Wildman–Crippen MR) is 78.4 cm³/mol. The van der Waals surface area contributed by atoms with Crippen molar-refractivity contribution in [3.63, 3.8) is 0 Å². The molecule has 0 bridgehead atoms. The summed E-state index contributed by atoms with van der Waals surface area (Å²) in [6.45, 7) is 11.6. The molecule has 20 heavy (non-hydrogen) atoms. The van der Waals surface area contributed by atoms with E-state index in [1.807, 2.05) is 4.90 Å². The molecular formula is C16H23FN2O. The van der Waals surface area contributed by atoms with Gasteiger partial charge in [0.15, 0.2) is 0 Å². The van der Waals surface area contributed by atoms with Gasteiger partial charge in [0.05, 0.1) is 0 Å². The van der Waals surface area contributed by atoms with Gasteiger partial charge in [-0.2, -0.15) is 0 Å². The first kappa shape index (κ1) is 15.0. The Morgan fingerprint density at radius 2 is 1.75 bits per heavy atom. The summed E-state index contributed by atoms with van der Waals surface area (Å²) < 4.78 is 13.1. The summed E-state index contributed by atoms with van der Waals surface area (Å²) in [7, 11) is 0. The minimum Gasteiger partial charge on any atom is -0.336 e. The molecular weight excluding hydrogens is 255 g/mol. The van der Waals surface area contributed by atoms with Crippen molar-refractivity contribution in [2.24, 2.45) is 0 Å². The van der Waals surface area contributed by atoms with E-state index in [0.29, 0.717) is 11.1 Å². The average Bonchev–Trinajstić information content (AvgIpc) is 2.37. The Labute approximate surface area is 120 Å². The maximum Gasteiger partial charge on any atom is 0.254 e. The predicted octanol–water partition coefficient (Wildman–Crippen LogP) is 2.69. The molecule has 0 unspecified atom stereocenters. The van der Waals surface area contributed by atoms with E-state index >= 15 is 0 Å². The minimum atomic E-state index is -0.295. The van der Waals surface area contributed by atoms with E-state index in [9.17, 15) is 9.18 Å². The molecule has 0 aromatic heterocycles. The fourth-order valence-electron chi connectivity index (χ4n) is 2.62. The van der Waals surface area contributed by atoms with E-state index in [-0.39, 0.29) is 17.3 Å². The molecule has 1 heterocycles. The van der Waals surface area contributed by atoms with Gasteiger partial charge < -0.3 is 4.90 Å². The highest BCUT2D eigenvalue weighted by molar-refractivity contribution is 5.95. The van der Waals surface area contributed by atoms with E-state index in [0.717, 1.165) is 26.2 Å². The topological polar surface area (TPSA) is 23.6 Å². The smallest absolute Gasteiger partial charge is 0.254 e. The summed E-state index contributed by atoms with van der Waals surface area (Å²) in [5, 5.41) is 0. The van der Waals surface area contributed by atoms with Crippen molar-refractivity contribution < 1.29 is 9.18 Å². The number of carbonyl (C=O) groups excluding carboxylic acids is 1. The molecule has 0 atom stereocenters. The number of rotatable bonds is 1. The van der Waals surface area contributed by atoms with Crippen LogP contribution in [0.3, 0.4) is 0 Å². The number of hydrogen-bond donors (Lipinski definition) is 0. The van der Waals surface area contributed by atoms with Crippen LogP contribution in [0, 0.1) is 12.7 Å². The Morgan fingerprint density at radius 1 is 1.15 bits per heavy atom. The SMILES string of the molecule is Cc1cc(F)ccc1C(=O)N1CCN(C(C)(C)C)CC1. The van der Waals surface area contributed by atoms with Gasteiger partial charge in [0, 0.05) is 37.3 Å². The lowest BCUT2D eigenvalue weighted by atomic mass is 10.0. The highest BCUT2D eigenvalue weighted by Gasteiger charge is 2.28. The second kappa shape index (κ2) is 5.52. The number of benzene rings is 1. The van der Waals surface area contributed by atoms with Gasteiger partial charge in [-0.1, -0.05) is 0 Å². The number of nitrogens with zero attached hydrogens (tertiary/aromatic N) is 2. The summed E-state index contributed by atoms with van der Waals surface area (Å²) in [5.41, 5.74) is 1.45. The summed E-state index contributed by atoms with van der Waals surface area (Å²) in [5.74, 6) is -0.285. The Morgan fingerprint density at radius 3 is 2.25 bits per heavy atom. The third-order valence-corrected chi connectivity index (χ3v) is 3.93. The summed E-state index contributed by atoms with van der Waals surface area (Å²) in [4.78, 5) is 16.7. The molecule has 110 valence electrons. The maximum atomic E-state index is 13.1. The first-order valence-electron chi connectivity index (χ1n) is 7.09. The third kappa shape index (κ3) is 3.18. The lowest BCUT2D eigenvalue weighted by molar-refractivity contribution is 0.0450. The van der Waals surface area contributed by atoms with Crippen LogP contribution in [0.2, 0.25) is 0 Å². The standard InChI is InChI=1S/C16H23FN2O/c1-12-11-13(17)5-6-14(12)15(20)18-7-9-19(10-8-18)16(2,3)4/h5-6,11H,7-10H2,1-4H3. The molecule has 1 aromatic rings. The first-order valence-corrected chi connectivity index (χ1v) is 7.09. The quantitative estimate of drug-likeness (QED) is 0.788. The number of aryl methyl sites for hydroxylation is 1. The maximum absolute atomic E-state index is 13.1. The molecule has 1 saturated heterocycles. The van der Waals surface area contributed by atoms with Crippen molar-refractivity contribution in [1.82, 2.24) is 9.80 Å². The van der Waals surface area contributed by atoms with Crippen LogP contribution in [0.15, 0.2) is 18.2 Å². The number of amides is 1. The lowest BCUT2D eigenvalue weighted by Gasteiger charge is -2.42. The van der Waals surface area contributed by atoms with E-state index in [4.69, 9.17) is 0 Å². The van der Waals surface area contributed by atoms with Crippen molar-refractivity contribution in [2.75, 3.05) is 26.2 Å². The second-order valence-electron chi connectivity index (χ2n) is 6.41. The molecule has 0 N–H and O–H groups in total. The number of halogens is 1. The molecule has 0 radical (unpaired) electrons. The molecule has 1 amide bonds. The Bertz CT molecular complexity index is 500. The van der Waals surface area contributed by atoms with Gasteiger partial charge in [-0.25, -0.2) is 4.39 Å². The fraction of sp³-hybridized carbons (Fsp3) is 0.562. The van der Waals surface area contributed by atoms with Gasteiger partial charge in [-0.15, -0.1) is 0 Å². The second-order valence-corrected chi connectivity index (χ2v) is 6.41. The third-order valence-electron chi connectivity index (χ3n) is 3.93. The van der Waals surface area contributed by atoms with Crippen molar-refractivity contribution >= 4 is 5.91 Å². The van der Waals surface area contributed by atoms with E-state index in [1.165, 1.54) is 12.1 Å². The summed E-state index contributed by atoms with van der Waals surface area (Å²) >= 11 is 0. The molecule has 4 heteroatoms. The number of hydrogen-bond acceptors (Lipinski definition) is 2. The lowest BCUT2D eigenvalue weighted by Crippen LogP contribution is -2.54. The largest absolute Gasteiger partial charge is 0.336 e. The molecule has 3 nitrogen and oxygen atoms in total. The van der Waals surface area contributed by atoms with Crippen molar-refractivity contribution in [3.05, 3.63) is 35.1 Å². The monoisotopic (exact) mass is 278 g/mol. The molecule has 1 aromatic carbocycles. The zero-order valence-corrected chi connectivity index (χ0v) is 12.7. The van der Waals surface area contributed by atoms with E-state index in [1.54, 1.807) is 13.0 Å². The van der Waals surface area contributed by atoms with Gasteiger partial charge in [-0.3, -0.25) is 9.69 Å². The van der Waals surface area contributed by atoms with Crippen LogP contribution in [-0.2, 0) is 0 Å². The van der Waals surface area contributed by atoms with Crippen molar-refractivity contribution in [1.29, 1.82) is 0 Å². The molecule has 0 aliphatic carbocycles. The number of piperazine rings is 1. The Kier molecular flexibility index (Phi) is 4.14. The van der Waals surface area contributed by atoms with Crippen LogP contribution in [0.1, 0.15) is 36.7 Å². The zero-order valence-electron chi connectivity index (χ0n) is 12.7. The van der Waals surface area contributed by atoms with Gasteiger partial charge in [0.25, 0.3) is 5.91 Å². The van der Waals surface area contributed by atoms with Crippen LogP contribution < -0.4 is 0 Å². The highest BCUT2D eigenvalue weighted by atomic mass is 19.1. The molecule has 2 rings (SSSR count). The average molecular weight is 278 g/mol. The molecule has 1 aliphatic rings. The van der Waals surface area contributed by atoms with Crippen molar-refractivity contribution in [3.8, 4) is 0 Å². The summed E-state index contributed by atoms with van der Waals surface area (Å²) in [6, 6.07) is 4.35. The Balaban J connectivity index is 2.05. The molecule has 1 aliphatic heterocycles. The minimum absolute atomic E-state index is 0.0102. The number of carbonyl (C=O) groups is 1. The van der Waals surface area contributed by atoms with Crippen molar-refractivity contribution in [2.45, 2.75) is 33.2 Å². The molecule has 0 saturated carbocycles. The normalized spacial score (nSPS) is 17.4. The van der Waals surface area contributed by atoms with Crippen LogP contribution in [0.25, 0.3) is 0 Å². The van der Waals surface area contributed by atoms with Gasteiger partial charge in [0.2, 0.25) is 0 Å². The van der Waals surface area contributed by atoms with Gasteiger partial charge >= 0.3 is 0 Å². The highest BCUT2D eigenvalue weighted by Crippen LogP contribution is 2.18. The van der Waals surface area contributed by atoms with Gasteiger partial charge in [0.1, 0.15) is 5.82 Å².